The Kier molecular flexibility index (Phi) is 5.34. The van der Waals surface area contributed by atoms with E-state index in [0.29, 0.717) is 6.42 Å². The van der Waals surface area contributed by atoms with Crippen LogP contribution in [0, 0.1) is 6.92 Å². The van der Waals surface area contributed by atoms with Gasteiger partial charge in [-0.25, -0.2) is 8.42 Å². The van der Waals surface area contributed by atoms with E-state index in [1.807, 2.05) is 31.6 Å². The van der Waals surface area contributed by atoms with Gasteiger partial charge in [-0.3, -0.25) is 4.68 Å². The van der Waals surface area contributed by atoms with Crippen LogP contribution in [0.3, 0.4) is 0 Å². The molecule has 1 N–H and O–H groups in total. The largest absolute Gasteiger partial charge is 0.309 e. The van der Waals surface area contributed by atoms with Crippen molar-refractivity contribution >= 4 is 9.84 Å². The van der Waals surface area contributed by atoms with Crippen LogP contribution in [-0.2, 0) is 16.9 Å². The summed E-state index contributed by atoms with van der Waals surface area (Å²) >= 11 is 0. The minimum atomic E-state index is -2.87. The molecule has 1 atom stereocenters. The first-order chi connectivity index (χ1) is 8.33. The second-order valence-electron chi connectivity index (χ2n) is 4.72. The Hall–Kier alpha value is -0.880. The van der Waals surface area contributed by atoms with E-state index in [9.17, 15) is 8.42 Å². The smallest absolute Gasteiger partial charge is 0.147 e. The highest BCUT2D eigenvalue weighted by molar-refractivity contribution is 7.90. The number of nitrogens with one attached hydrogen (secondary N) is 1. The standard InChI is InChI=1S/C12H23N3O2S/c1-5-13-11(7-6-8-18(4,16)17)12-9-10(2)14-15(12)3/h9,11,13H,5-8H2,1-4H3. The quantitative estimate of drug-likeness (QED) is 0.811. The van der Waals surface area contributed by atoms with Crippen LogP contribution in [0.2, 0.25) is 0 Å². The molecule has 104 valence electrons. The average molecular weight is 273 g/mol. The second kappa shape index (κ2) is 6.33. The van der Waals surface area contributed by atoms with Gasteiger partial charge in [0.2, 0.25) is 0 Å². The number of hydrogen-bond donors (Lipinski definition) is 1. The van der Waals surface area contributed by atoms with Crippen molar-refractivity contribution in [3.63, 3.8) is 0 Å². The molecule has 0 spiro atoms. The third kappa shape index (κ3) is 4.78. The Morgan fingerprint density at radius 2 is 2.17 bits per heavy atom. The van der Waals surface area contributed by atoms with E-state index < -0.39 is 9.84 Å². The van der Waals surface area contributed by atoms with Gasteiger partial charge in [0, 0.05) is 25.1 Å². The molecule has 0 aromatic carbocycles. The van der Waals surface area contributed by atoms with E-state index in [1.165, 1.54) is 6.26 Å². The normalized spacial score (nSPS) is 13.8. The number of aromatic nitrogens is 2. The van der Waals surface area contributed by atoms with Gasteiger partial charge in [-0.2, -0.15) is 5.10 Å². The lowest BCUT2D eigenvalue weighted by atomic mass is 10.1. The first-order valence-electron chi connectivity index (χ1n) is 6.25. The number of sulfone groups is 1. The average Bonchev–Trinajstić information content (AvgIpc) is 2.55. The second-order valence-corrected chi connectivity index (χ2v) is 6.98. The van der Waals surface area contributed by atoms with Crippen LogP contribution in [0.25, 0.3) is 0 Å². The van der Waals surface area contributed by atoms with Gasteiger partial charge in [0.15, 0.2) is 0 Å². The van der Waals surface area contributed by atoms with E-state index in [4.69, 9.17) is 0 Å². The molecule has 0 saturated heterocycles. The summed E-state index contributed by atoms with van der Waals surface area (Å²) in [7, 11) is -0.952. The number of hydrogen-bond acceptors (Lipinski definition) is 4. The molecule has 0 radical (unpaired) electrons. The predicted molar refractivity (Wildman–Crippen MR) is 73.3 cm³/mol. The minimum absolute atomic E-state index is 0.169. The Balaban J connectivity index is 2.68. The summed E-state index contributed by atoms with van der Waals surface area (Å²) < 4.78 is 24.1. The Morgan fingerprint density at radius 1 is 1.50 bits per heavy atom. The Bertz CT molecular complexity index is 480. The summed E-state index contributed by atoms with van der Waals surface area (Å²) in [4.78, 5) is 0. The van der Waals surface area contributed by atoms with Crippen LogP contribution in [0.15, 0.2) is 6.07 Å². The zero-order valence-electron chi connectivity index (χ0n) is 11.6. The molecule has 0 saturated carbocycles. The Labute approximate surface area is 109 Å². The summed E-state index contributed by atoms with van der Waals surface area (Å²) in [6.07, 6.45) is 2.75. The summed E-state index contributed by atoms with van der Waals surface area (Å²) in [5.41, 5.74) is 2.10. The highest BCUT2D eigenvalue weighted by Gasteiger charge is 2.15. The minimum Gasteiger partial charge on any atom is -0.309 e. The monoisotopic (exact) mass is 273 g/mol. The fourth-order valence-corrected chi connectivity index (χ4v) is 2.80. The summed E-state index contributed by atoms with van der Waals surface area (Å²) in [6.45, 7) is 4.86. The van der Waals surface area contributed by atoms with Gasteiger partial charge in [0.1, 0.15) is 9.84 Å². The highest BCUT2D eigenvalue weighted by Crippen LogP contribution is 2.19. The van der Waals surface area contributed by atoms with Crippen LogP contribution in [0.1, 0.15) is 37.2 Å². The summed E-state index contributed by atoms with van der Waals surface area (Å²) in [5.74, 6) is 0.242. The van der Waals surface area contributed by atoms with Gasteiger partial charge in [-0.1, -0.05) is 6.92 Å². The van der Waals surface area contributed by atoms with Gasteiger partial charge in [0.25, 0.3) is 0 Å². The molecule has 1 aromatic rings. The topological polar surface area (TPSA) is 64.0 Å². The van der Waals surface area contributed by atoms with Crippen molar-refractivity contribution in [3.05, 3.63) is 17.5 Å². The first-order valence-corrected chi connectivity index (χ1v) is 8.31. The van der Waals surface area contributed by atoms with E-state index in [2.05, 4.69) is 10.4 Å². The predicted octanol–water partition coefficient (Wildman–Crippen LogP) is 1.20. The maximum Gasteiger partial charge on any atom is 0.147 e. The van der Waals surface area contributed by atoms with Crippen molar-refractivity contribution in [3.8, 4) is 0 Å². The van der Waals surface area contributed by atoms with Gasteiger partial charge < -0.3 is 5.32 Å². The molecule has 18 heavy (non-hydrogen) atoms. The van der Waals surface area contributed by atoms with Gasteiger partial charge in [-0.15, -0.1) is 0 Å². The van der Waals surface area contributed by atoms with Crippen LogP contribution < -0.4 is 5.32 Å². The first kappa shape index (κ1) is 15.2. The van der Waals surface area contributed by atoms with Crippen molar-refractivity contribution in [2.24, 2.45) is 7.05 Å². The van der Waals surface area contributed by atoms with Crippen LogP contribution >= 0.6 is 0 Å². The SMILES string of the molecule is CCNC(CCCS(C)(=O)=O)c1cc(C)nn1C. The molecule has 1 heterocycles. The molecular formula is C12H23N3O2S. The molecule has 0 fully saturated rings. The van der Waals surface area contributed by atoms with Gasteiger partial charge in [-0.05, 0) is 32.4 Å². The highest BCUT2D eigenvalue weighted by atomic mass is 32.2. The summed E-state index contributed by atoms with van der Waals surface area (Å²) in [5, 5.41) is 7.71. The van der Waals surface area contributed by atoms with Crippen LogP contribution in [0.5, 0.6) is 0 Å². The van der Waals surface area contributed by atoms with E-state index >= 15 is 0 Å². The van der Waals surface area contributed by atoms with Crippen molar-refractivity contribution in [2.75, 3.05) is 18.6 Å². The molecule has 0 aliphatic heterocycles. The number of aryl methyl sites for hydroxylation is 2. The molecule has 6 heteroatoms. The summed E-state index contributed by atoms with van der Waals surface area (Å²) in [6, 6.07) is 2.22. The molecule has 0 aliphatic carbocycles. The number of nitrogens with zero attached hydrogens (tertiary/aromatic N) is 2. The van der Waals surface area contributed by atoms with Crippen LogP contribution in [0.4, 0.5) is 0 Å². The Morgan fingerprint density at radius 3 is 2.61 bits per heavy atom. The lowest BCUT2D eigenvalue weighted by Crippen LogP contribution is -2.23. The van der Waals surface area contributed by atoms with Crippen molar-refractivity contribution in [2.45, 2.75) is 32.7 Å². The van der Waals surface area contributed by atoms with Gasteiger partial charge >= 0.3 is 0 Å². The molecule has 0 bridgehead atoms. The van der Waals surface area contributed by atoms with E-state index in [1.54, 1.807) is 0 Å². The molecule has 0 aliphatic rings. The van der Waals surface area contributed by atoms with Crippen molar-refractivity contribution < 1.29 is 8.42 Å². The molecule has 1 aromatic heterocycles. The molecular weight excluding hydrogens is 250 g/mol. The molecule has 0 amide bonds. The lowest BCUT2D eigenvalue weighted by Gasteiger charge is -2.17. The third-order valence-electron chi connectivity index (χ3n) is 2.85. The maximum atomic E-state index is 11.1. The van der Waals surface area contributed by atoms with Crippen molar-refractivity contribution in [1.82, 2.24) is 15.1 Å². The fourth-order valence-electron chi connectivity index (χ4n) is 2.11. The zero-order valence-corrected chi connectivity index (χ0v) is 12.4. The van der Waals surface area contributed by atoms with E-state index in [-0.39, 0.29) is 11.8 Å². The van der Waals surface area contributed by atoms with Crippen molar-refractivity contribution in [1.29, 1.82) is 0 Å². The lowest BCUT2D eigenvalue weighted by molar-refractivity contribution is 0.474. The fraction of sp³-hybridized carbons (Fsp3) is 0.750. The maximum absolute atomic E-state index is 11.1. The van der Waals surface area contributed by atoms with Gasteiger partial charge in [0.05, 0.1) is 11.4 Å². The van der Waals surface area contributed by atoms with E-state index in [0.717, 1.165) is 24.4 Å². The third-order valence-corrected chi connectivity index (χ3v) is 3.88. The molecule has 1 rings (SSSR count). The zero-order chi connectivity index (χ0) is 13.8. The number of rotatable bonds is 7. The molecule has 1 unspecified atom stereocenters. The molecule has 5 nitrogen and oxygen atoms in total. The van der Waals surface area contributed by atoms with Crippen LogP contribution in [-0.4, -0.2) is 36.8 Å².